The van der Waals surface area contributed by atoms with Crippen molar-refractivity contribution in [2.24, 2.45) is 5.92 Å². The monoisotopic (exact) mass is 286 g/mol. The third-order valence-corrected chi connectivity index (χ3v) is 3.85. The third kappa shape index (κ3) is 4.47. The average Bonchev–Trinajstić information content (AvgIpc) is 2.94. The van der Waals surface area contributed by atoms with Crippen molar-refractivity contribution < 1.29 is 4.79 Å². The van der Waals surface area contributed by atoms with E-state index in [0.29, 0.717) is 29.8 Å². The molecule has 1 heterocycles. The van der Waals surface area contributed by atoms with Gasteiger partial charge in [-0.1, -0.05) is 6.07 Å². The second kappa shape index (κ2) is 7.09. The molecule has 112 valence electrons. The van der Waals surface area contributed by atoms with Crippen LogP contribution in [0.2, 0.25) is 0 Å². The van der Waals surface area contributed by atoms with Crippen LogP contribution in [0.25, 0.3) is 0 Å². The highest BCUT2D eigenvalue weighted by Crippen LogP contribution is 2.17. The Morgan fingerprint density at radius 1 is 1.52 bits per heavy atom. The lowest BCUT2D eigenvalue weighted by atomic mass is 10.1. The fraction of sp³-hybridized carbons (Fsp3) is 0.500. The van der Waals surface area contributed by atoms with Crippen LogP contribution < -0.4 is 10.6 Å². The number of anilines is 1. The number of hydrogen-bond donors (Lipinski definition) is 2. The van der Waals surface area contributed by atoms with E-state index in [0.717, 1.165) is 19.5 Å². The number of rotatable bonds is 4. The molecular formula is C16H22N4O. The molecule has 0 spiro atoms. The Morgan fingerprint density at radius 3 is 3.00 bits per heavy atom. The molecule has 1 aromatic carbocycles. The van der Waals surface area contributed by atoms with Gasteiger partial charge in [0, 0.05) is 24.8 Å². The van der Waals surface area contributed by atoms with Gasteiger partial charge in [0.2, 0.25) is 0 Å². The Balaban J connectivity index is 1.76. The van der Waals surface area contributed by atoms with Crippen LogP contribution in [0.3, 0.4) is 0 Å². The van der Waals surface area contributed by atoms with Gasteiger partial charge in [0.05, 0.1) is 11.6 Å². The summed E-state index contributed by atoms with van der Waals surface area (Å²) in [4.78, 5) is 14.3. The lowest BCUT2D eigenvalue weighted by Gasteiger charge is -2.20. The van der Waals surface area contributed by atoms with E-state index in [2.05, 4.69) is 35.5 Å². The first kappa shape index (κ1) is 15.3. The number of nitriles is 1. The zero-order valence-corrected chi connectivity index (χ0v) is 12.6. The molecule has 2 rings (SSSR count). The molecule has 21 heavy (non-hydrogen) atoms. The van der Waals surface area contributed by atoms with E-state index >= 15 is 0 Å². The first-order valence-corrected chi connectivity index (χ1v) is 7.37. The number of urea groups is 1. The summed E-state index contributed by atoms with van der Waals surface area (Å²) in [6, 6.07) is 9.31. The normalized spacial score (nSPS) is 18.5. The molecule has 5 nitrogen and oxygen atoms in total. The van der Waals surface area contributed by atoms with Gasteiger partial charge in [-0.15, -0.1) is 0 Å². The van der Waals surface area contributed by atoms with E-state index in [1.807, 2.05) is 0 Å². The lowest BCUT2D eigenvalue weighted by molar-refractivity contribution is 0.247. The number of carbonyl (C=O) groups excluding carboxylic acids is 1. The maximum Gasteiger partial charge on any atom is 0.319 e. The summed E-state index contributed by atoms with van der Waals surface area (Å²) in [7, 11) is 0. The predicted molar refractivity (Wildman–Crippen MR) is 83.0 cm³/mol. The van der Waals surface area contributed by atoms with Crippen LogP contribution in [0, 0.1) is 17.2 Å². The van der Waals surface area contributed by atoms with Gasteiger partial charge >= 0.3 is 6.03 Å². The highest BCUT2D eigenvalue weighted by atomic mass is 16.2. The second-order valence-electron chi connectivity index (χ2n) is 5.77. The van der Waals surface area contributed by atoms with Gasteiger partial charge in [-0.3, -0.25) is 0 Å². The molecule has 0 aliphatic carbocycles. The SMILES string of the molecule is CC(C)N1CCC(CNC(=O)Nc2cccc(C#N)c2)C1. The van der Waals surface area contributed by atoms with Crippen molar-refractivity contribution in [3.63, 3.8) is 0 Å². The Kier molecular flexibility index (Phi) is 5.18. The molecule has 0 bridgehead atoms. The van der Waals surface area contributed by atoms with Gasteiger partial charge in [-0.25, -0.2) is 4.79 Å². The van der Waals surface area contributed by atoms with E-state index in [1.165, 1.54) is 0 Å². The first-order chi connectivity index (χ1) is 10.1. The summed E-state index contributed by atoms with van der Waals surface area (Å²) >= 11 is 0. The molecule has 1 fully saturated rings. The molecule has 5 heteroatoms. The van der Waals surface area contributed by atoms with E-state index in [-0.39, 0.29) is 6.03 Å². The second-order valence-corrected chi connectivity index (χ2v) is 5.77. The number of hydrogen-bond acceptors (Lipinski definition) is 3. The summed E-state index contributed by atoms with van der Waals surface area (Å²) in [5, 5.41) is 14.5. The maximum absolute atomic E-state index is 11.9. The maximum atomic E-state index is 11.9. The summed E-state index contributed by atoms with van der Waals surface area (Å²) < 4.78 is 0. The standard InChI is InChI=1S/C16H22N4O/c1-12(2)20-7-6-14(11-20)10-18-16(21)19-15-5-3-4-13(8-15)9-17/h3-5,8,12,14H,6-7,10-11H2,1-2H3,(H2,18,19,21). The number of nitrogens with one attached hydrogen (secondary N) is 2. The molecule has 1 unspecified atom stereocenters. The van der Waals surface area contributed by atoms with Crippen molar-refractivity contribution in [1.82, 2.24) is 10.2 Å². The van der Waals surface area contributed by atoms with Gasteiger partial charge in [0.1, 0.15) is 0 Å². The summed E-state index contributed by atoms with van der Waals surface area (Å²) in [5.74, 6) is 0.517. The number of amides is 2. The zero-order chi connectivity index (χ0) is 15.2. The Bertz CT molecular complexity index is 535. The minimum absolute atomic E-state index is 0.215. The number of likely N-dealkylation sites (tertiary alicyclic amines) is 1. The number of carbonyl (C=O) groups is 1. The minimum atomic E-state index is -0.215. The van der Waals surface area contributed by atoms with Crippen molar-refractivity contribution in [1.29, 1.82) is 5.26 Å². The third-order valence-electron chi connectivity index (χ3n) is 3.85. The molecule has 2 amide bonds. The van der Waals surface area contributed by atoms with Gasteiger partial charge in [0.25, 0.3) is 0 Å². The molecule has 1 aliphatic heterocycles. The van der Waals surface area contributed by atoms with Gasteiger partial charge in [-0.2, -0.15) is 5.26 Å². The summed E-state index contributed by atoms with van der Waals surface area (Å²) in [6.07, 6.45) is 1.13. The average molecular weight is 286 g/mol. The molecular weight excluding hydrogens is 264 g/mol. The van der Waals surface area contributed by atoms with Gasteiger partial charge < -0.3 is 15.5 Å². The van der Waals surface area contributed by atoms with Crippen LogP contribution in [0.15, 0.2) is 24.3 Å². The van der Waals surface area contributed by atoms with Crippen molar-refractivity contribution in [3.05, 3.63) is 29.8 Å². The molecule has 2 N–H and O–H groups in total. The van der Waals surface area contributed by atoms with Crippen molar-refractivity contribution in [2.75, 3.05) is 25.0 Å². The largest absolute Gasteiger partial charge is 0.338 e. The summed E-state index contributed by atoms with van der Waals surface area (Å²) in [5.41, 5.74) is 1.18. The molecule has 1 aliphatic rings. The predicted octanol–water partition coefficient (Wildman–Crippen LogP) is 2.41. The van der Waals surface area contributed by atoms with Crippen LogP contribution in [-0.2, 0) is 0 Å². The zero-order valence-electron chi connectivity index (χ0n) is 12.6. The molecule has 1 aromatic rings. The quantitative estimate of drug-likeness (QED) is 0.893. The van der Waals surface area contributed by atoms with E-state index in [4.69, 9.17) is 5.26 Å². The van der Waals surface area contributed by atoms with Crippen molar-refractivity contribution in [3.8, 4) is 6.07 Å². The highest BCUT2D eigenvalue weighted by molar-refractivity contribution is 5.89. The number of benzene rings is 1. The van der Waals surface area contributed by atoms with Crippen molar-refractivity contribution in [2.45, 2.75) is 26.3 Å². The van der Waals surface area contributed by atoms with E-state index < -0.39 is 0 Å². The highest BCUT2D eigenvalue weighted by Gasteiger charge is 2.24. The smallest absolute Gasteiger partial charge is 0.319 e. The lowest BCUT2D eigenvalue weighted by Crippen LogP contribution is -2.35. The Labute approximate surface area is 125 Å². The fourth-order valence-corrected chi connectivity index (χ4v) is 2.58. The molecule has 0 aromatic heterocycles. The Hall–Kier alpha value is -2.06. The van der Waals surface area contributed by atoms with Crippen LogP contribution in [0.5, 0.6) is 0 Å². The fourth-order valence-electron chi connectivity index (χ4n) is 2.58. The van der Waals surface area contributed by atoms with Crippen LogP contribution in [0.4, 0.5) is 10.5 Å². The van der Waals surface area contributed by atoms with Crippen LogP contribution >= 0.6 is 0 Å². The van der Waals surface area contributed by atoms with Gasteiger partial charge in [-0.05, 0) is 50.9 Å². The van der Waals surface area contributed by atoms with Crippen molar-refractivity contribution >= 4 is 11.7 Å². The molecule has 1 saturated heterocycles. The minimum Gasteiger partial charge on any atom is -0.338 e. The molecule has 0 saturated carbocycles. The summed E-state index contributed by atoms with van der Waals surface area (Å²) in [6.45, 7) is 7.24. The van der Waals surface area contributed by atoms with E-state index in [9.17, 15) is 4.79 Å². The topological polar surface area (TPSA) is 68.2 Å². The molecule has 1 atom stereocenters. The van der Waals surface area contributed by atoms with Gasteiger partial charge in [0.15, 0.2) is 0 Å². The van der Waals surface area contributed by atoms with Crippen LogP contribution in [0.1, 0.15) is 25.8 Å². The van der Waals surface area contributed by atoms with Crippen LogP contribution in [-0.4, -0.2) is 36.6 Å². The molecule has 0 radical (unpaired) electrons. The number of nitrogens with zero attached hydrogens (tertiary/aromatic N) is 2. The first-order valence-electron chi connectivity index (χ1n) is 7.37. The van der Waals surface area contributed by atoms with E-state index in [1.54, 1.807) is 24.3 Å². The Morgan fingerprint density at radius 2 is 2.33 bits per heavy atom.